The zero-order chi connectivity index (χ0) is 19.0. The molecule has 1 atom stereocenters. The molecule has 0 bridgehead atoms. The minimum absolute atomic E-state index is 0.00521. The van der Waals surface area contributed by atoms with Gasteiger partial charge in [-0.25, -0.2) is 0 Å². The van der Waals surface area contributed by atoms with Crippen LogP contribution in [0.1, 0.15) is 80.5 Å². The zero-order valence-corrected chi connectivity index (χ0v) is 16.7. The number of benzene rings is 1. The van der Waals surface area contributed by atoms with Crippen molar-refractivity contribution in [2.75, 3.05) is 5.32 Å². The number of aromatic nitrogens is 1. The lowest BCUT2D eigenvalue weighted by Crippen LogP contribution is -2.13. The monoisotopic (exact) mass is 362 g/mol. The molecule has 1 aliphatic heterocycles. The van der Waals surface area contributed by atoms with Gasteiger partial charge in [0.1, 0.15) is 0 Å². The number of amides is 1. The Kier molecular flexibility index (Phi) is 4.94. The van der Waals surface area contributed by atoms with E-state index in [2.05, 4.69) is 49.3 Å². The van der Waals surface area contributed by atoms with Crippen molar-refractivity contribution < 1.29 is 4.79 Å². The molecular formula is C24H30N2O. The van der Waals surface area contributed by atoms with Gasteiger partial charge in [0.05, 0.1) is 5.57 Å². The van der Waals surface area contributed by atoms with E-state index in [1.807, 2.05) is 12.1 Å². The first-order chi connectivity index (χ1) is 13.1. The Morgan fingerprint density at radius 1 is 1.26 bits per heavy atom. The van der Waals surface area contributed by atoms with E-state index in [-0.39, 0.29) is 5.91 Å². The summed E-state index contributed by atoms with van der Waals surface area (Å²) in [5, 5.41) is 3.02. The van der Waals surface area contributed by atoms with Crippen molar-refractivity contribution in [3.05, 3.63) is 52.3 Å². The maximum Gasteiger partial charge on any atom is 0.256 e. The Morgan fingerprint density at radius 3 is 2.89 bits per heavy atom. The molecule has 1 unspecified atom stereocenters. The molecule has 1 amide bonds. The second kappa shape index (κ2) is 7.38. The van der Waals surface area contributed by atoms with Gasteiger partial charge in [0.2, 0.25) is 0 Å². The fourth-order valence-corrected chi connectivity index (χ4v) is 4.57. The summed E-state index contributed by atoms with van der Waals surface area (Å²) in [7, 11) is 0. The highest BCUT2D eigenvalue weighted by Crippen LogP contribution is 2.39. The molecule has 1 aromatic carbocycles. The second-order valence-electron chi connectivity index (χ2n) is 8.40. The SMILES string of the molecule is CCCCc1ccc2c(c1)C(=Cc1cc3c([nH]1)CCCC3C(C)C)C(=O)N2. The van der Waals surface area contributed by atoms with Gasteiger partial charge in [0.15, 0.2) is 0 Å². The number of aryl methyl sites for hydroxylation is 2. The van der Waals surface area contributed by atoms with Crippen molar-refractivity contribution in [1.29, 1.82) is 0 Å². The first-order valence-electron chi connectivity index (χ1n) is 10.4. The Morgan fingerprint density at radius 2 is 2.11 bits per heavy atom. The minimum atomic E-state index is 0.00521. The van der Waals surface area contributed by atoms with Gasteiger partial charge < -0.3 is 10.3 Å². The van der Waals surface area contributed by atoms with Crippen LogP contribution in [0.5, 0.6) is 0 Å². The van der Waals surface area contributed by atoms with Gasteiger partial charge in [-0.3, -0.25) is 4.79 Å². The normalized spacial score (nSPS) is 20.1. The summed E-state index contributed by atoms with van der Waals surface area (Å²) in [5.41, 5.74) is 7.95. The van der Waals surface area contributed by atoms with Crippen molar-refractivity contribution >= 4 is 23.2 Å². The summed E-state index contributed by atoms with van der Waals surface area (Å²) in [6, 6.07) is 8.65. The molecule has 0 saturated heterocycles. The van der Waals surface area contributed by atoms with Crippen LogP contribution in [0.4, 0.5) is 5.69 Å². The van der Waals surface area contributed by atoms with Crippen molar-refractivity contribution in [1.82, 2.24) is 4.98 Å². The van der Waals surface area contributed by atoms with Crippen molar-refractivity contribution in [2.45, 2.75) is 65.2 Å². The molecule has 3 nitrogen and oxygen atoms in total. The molecule has 2 N–H and O–H groups in total. The van der Waals surface area contributed by atoms with Gasteiger partial charge in [0, 0.05) is 22.6 Å². The highest BCUT2D eigenvalue weighted by Gasteiger charge is 2.27. The predicted octanol–water partition coefficient (Wildman–Crippen LogP) is 5.93. The van der Waals surface area contributed by atoms with E-state index in [4.69, 9.17) is 0 Å². The number of nitrogens with one attached hydrogen (secondary N) is 2. The van der Waals surface area contributed by atoms with Gasteiger partial charge in [-0.15, -0.1) is 0 Å². The van der Waals surface area contributed by atoms with E-state index in [9.17, 15) is 4.79 Å². The fourth-order valence-electron chi connectivity index (χ4n) is 4.57. The third-order valence-corrected chi connectivity index (χ3v) is 6.09. The molecule has 142 valence electrons. The number of fused-ring (bicyclic) bond motifs is 2. The number of hydrogen-bond donors (Lipinski definition) is 2. The lowest BCUT2D eigenvalue weighted by atomic mass is 9.80. The summed E-state index contributed by atoms with van der Waals surface area (Å²) in [5.74, 6) is 1.28. The van der Waals surface area contributed by atoms with Crippen LogP contribution in [-0.4, -0.2) is 10.9 Å². The first-order valence-corrected chi connectivity index (χ1v) is 10.4. The van der Waals surface area contributed by atoms with E-state index < -0.39 is 0 Å². The summed E-state index contributed by atoms with van der Waals surface area (Å²) >= 11 is 0. The van der Waals surface area contributed by atoms with Gasteiger partial charge in [-0.2, -0.15) is 0 Å². The molecule has 2 aliphatic rings. The van der Waals surface area contributed by atoms with Crippen LogP contribution in [-0.2, 0) is 17.6 Å². The van der Waals surface area contributed by atoms with E-state index >= 15 is 0 Å². The highest BCUT2D eigenvalue weighted by atomic mass is 16.2. The predicted molar refractivity (Wildman–Crippen MR) is 113 cm³/mol. The molecule has 0 saturated carbocycles. The van der Waals surface area contributed by atoms with Crippen LogP contribution in [0.2, 0.25) is 0 Å². The maximum atomic E-state index is 12.6. The number of rotatable bonds is 5. The standard InChI is InChI=1S/C24H30N2O/c1-4-5-7-16-10-11-23-19(12-16)21(24(27)26-23)14-17-13-20-18(15(2)3)8-6-9-22(20)25-17/h10-15,18,25H,4-9H2,1-3H3,(H,26,27). The number of carbonyl (C=O) groups is 1. The summed E-state index contributed by atoms with van der Waals surface area (Å²) < 4.78 is 0. The smallest absolute Gasteiger partial charge is 0.256 e. The molecule has 3 heteroatoms. The third-order valence-electron chi connectivity index (χ3n) is 6.09. The summed E-state index contributed by atoms with van der Waals surface area (Å²) in [6.45, 7) is 6.83. The molecule has 2 heterocycles. The topological polar surface area (TPSA) is 44.9 Å². The number of unbranched alkanes of at least 4 members (excludes halogenated alkanes) is 1. The Hall–Kier alpha value is -2.29. The molecule has 0 radical (unpaired) electrons. The van der Waals surface area contributed by atoms with E-state index in [0.29, 0.717) is 11.8 Å². The van der Waals surface area contributed by atoms with Crippen molar-refractivity contribution in [3.8, 4) is 0 Å². The maximum absolute atomic E-state index is 12.6. The van der Waals surface area contributed by atoms with Gasteiger partial charge in [0.25, 0.3) is 5.91 Å². The van der Waals surface area contributed by atoms with Crippen LogP contribution in [0.25, 0.3) is 11.6 Å². The zero-order valence-electron chi connectivity index (χ0n) is 16.7. The van der Waals surface area contributed by atoms with Crippen molar-refractivity contribution in [3.63, 3.8) is 0 Å². The van der Waals surface area contributed by atoms with E-state index in [1.54, 1.807) is 0 Å². The molecule has 2 aromatic rings. The van der Waals surface area contributed by atoms with Crippen LogP contribution >= 0.6 is 0 Å². The van der Waals surface area contributed by atoms with E-state index in [0.717, 1.165) is 35.4 Å². The molecular weight excluding hydrogens is 332 g/mol. The highest BCUT2D eigenvalue weighted by molar-refractivity contribution is 6.34. The summed E-state index contributed by atoms with van der Waals surface area (Å²) in [4.78, 5) is 16.2. The Labute approximate surface area is 162 Å². The number of anilines is 1. The van der Waals surface area contributed by atoms with Crippen LogP contribution in [0.3, 0.4) is 0 Å². The second-order valence-corrected chi connectivity index (χ2v) is 8.40. The quantitative estimate of drug-likeness (QED) is 0.637. The van der Waals surface area contributed by atoms with Gasteiger partial charge in [-0.05, 0) is 79.3 Å². The number of H-pyrrole nitrogens is 1. The number of carbonyl (C=O) groups excluding carboxylic acids is 1. The molecule has 1 aromatic heterocycles. The minimum Gasteiger partial charge on any atom is -0.359 e. The third kappa shape index (κ3) is 3.47. The molecule has 1 aliphatic carbocycles. The lowest BCUT2D eigenvalue weighted by molar-refractivity contribution is -0.110. The Bertz CT molecular complexity index is 888. The molecule has 0 spiro atoms. The first kappa shape index (κ1) is 18.1. The molecule has 4 rings (SSSR count). The van der Waals surface area contributed by atoms with Crippen LogP contribution in [0, 0.1) is 5.92 Å². The van der Waals surface area contributed by atoms with Crippen LogP contribution in [0.15, 0.2) is 24.3 Å². The number of hydrogen-bond acceptors (Lipinski definition) is 1. The number of aromatic amines is 1. The average Bonchev–Trinajstić information content (AvgIpc) is 3.20. The van der Waals surface area contributed by atoms with E-state index in [1.165, 1.54) is 42.5 Å². The van der Waals surface area contributed by atoms with Gasteiger partial charge >= 0.3 is 0 Å². The summed E-state index contributed by atoms with van der Waals surface area (Å²) in [6.07, 6.45) is 9.10. The largest absolute Gasteiger partial charge is 0.359 e. The fraction of sp³-hybridized carbons (Fsp3) is 0.458. The average molecular weight is 363 g/mol. The van der Waals surface area contributed by atoms with Crippen molar-refractivity contribution in [2.24, 2.45) is 5.92 Å². The molecule has 27 heavy (non-hydrogen) atoms. The Balaban J connectivity index is 1.68. The van der Waals surface area contributed by atoms with Crippen LogP contribution < -0.4 is 5.32 Å². The van der Waals surface area contributed by atoms with Gasteiger partial charge in [-0.1, -0.05) is 33.3 Å². The lowest BCUT2D eigenvalue weighted by Gasteiger charge is -2.25. The molecule has 0 fully saturated rings.